The van der Waals surface area contributed by atoms with Crippen LogP contribution in [0, 0.1) is 11.3 Å². The van der Waals surface area contributed by atoms with Gasteiger partial charge in [-0.15, -0.1) is 0 Å². The number of esters is 1. The third kappa shape index (κ3) is 3.19. The number of methoxy groups -OCH3 is 1. The summed E-state index contributed by atoms with van der Waals surface area (Å²) in [7, 11) is 5.52. The lowest BCUT2D eigenvalue weighted by molar-refractivity contribution is -0.156. The zero-order valence-corrected chi connectivity index (χ0v) is 11.7. The molecule has 0 aromatic heterocycles. The number of hydrogen-bond acceptors (Lipinski definition) is 4. The minimum Gasteiger partial charge on any atom is -0.469 e. The molecule has 0 aliphatic carbocycles. The molecule has 0 N–H and O–H groups in total. The second-order valence-electron chi connectivity index (χ2n) is 5.57. The molecule has 1 aliphatic rings. The molecule has 0 amide bonds. The van der Waals surface area contributed by atoms with Crippen LogP contribution >= 0.6 is 0 Å². The highest BCUT2D eigenvalue weighted by atomic mass is 16.5. The quantitative estimate of drug-likeness (QED) is 0.702. The molecule has 1 aliphatic heterocycles. The third-order valence-electron chi connectivity index (χ3n) is 3.72. The molecule has 0 spiro atoms. The van der Waals surface area contributed by atoms with Gasteiger partial charge >= 0.3 is 5.97 Å². The Hall–Kier alpha value is -0.610. The molecule has 1 fully saturated rings. The zero-order valence-electron chi connectivity index (χ0n) is 11.7. The van der Waals surface area contributed by atoms with E-state index in [1.54, 1.807) is 0 Å². The molecule has 100 valence electrons. The smallest absolute Gasteiger partial charge is 0.312 e. The van der Waals surface area contributed by atoms with Crippen LogP contribution in [0.3, 0.4) is 0 Å². The molecule has 17 heavy (non-hydrogen) atoms. The Morgan fingerprint density at radius 1 is 1.35 bits per heavy atom. The van der Waals surface area contributed by atoms with Crippen molar-refractivity contribution in [3.8, 4) is 0 Å². The van der Waals surface area contributed by atoms with E-state index in [4.69, 9.17) is 9.47 Å². The fourth-order valence-electron chi connectivity index (χ4n) is 3.07. The highest BCUT2D eigenvalue weighted by molar-refractivity contribution is 5.76. The van der Waals surface area contributed by atoms with E-state index in [1.807, 2.05) is 27.9 Å². The van der Waals surface area contributed by atoms with Gasteiger partial charge in [-0.3, -0.25) is 4.79 Å². The first-order valence-electron chi connectivity index (χ1n) is 6.23. The van der Waals surface area contributed by atoms with E-state index in [2.05, 4.69) is 4.90 Å². The molecule has 0 radical (unpaired) electrons. The van der Waals surface area contributed by atoms with E-state index in [-0.39, 0.29) is 12.0 Å². The number of carbonyl (C=O) groups excluding carboxylic acids is 1. The van der Waals surface area contributed by atoms with E-state index in [9.17, 15) is 4.79 Å². The van der Waals surface area contributed by atoms with Gasteiger partial charge in [-0.2, -0.15) is 0 Å². The van der Waals surface area contributed by atoms with Crippen LogP contribution < -0.4 is 0 Å². The molecule has 1 unspecified atom stereocenters. The van der Waals surface area contributed by atoms with Crippen molar-refractivity contribution in [1.82, 2.24) is 4.90 Å². The fraction of sp³-hybridized carbons (Fsp3) is 0.923. The van der Waals surface area contributed by atoms with Gasteiger partial charge in [-0.25, -0.2) is 0 Å². The van der Waals surface area contributed by atoms with Crippen LogP contribution in [0.15, 0.2) is 0 Å². The lowest BCUT2D eigenvalue weighted by Gasteiger charge is -2.43. The van der Waals surface area contributed by atoms with E-state index in [1.165, 1.54) is 7.11 Å². The van der Waals surface area contributed by atoms with Gasteiger partial charge in [-0.05, 0) is 46.7 Å². The third-order valence-corrected chi connectivity index (χ3v) is 3.72. The topological polar surface area (TPSA) is 38.8 Å². The zero-order chi connectivity index (χ0) is 13.1. The molecule has 1 saturated heterocycles. The lowest BCUT2D eigenvalue weighted by atomic mass is 9.74. The largest absolute Gasteiger partial charge is 0.469 e. The Bertz CT molecular complexity index is 257. The van der Waals surface area contributed by atoms with Crippen molar-refractivity contribution < 1.29 is 14.3 Å². The van der Waals surface area contributed by atoms with Crippen molar-refractivity contribution in [2.45, 2.75) is 32.7 Å². The normalized spacial score (nSPS) is 20.4. The average molecular weight is 243 g/mol. The molecule has 1 rings (SSSR count). The summed E-state index contributed by atoms with van der Waals surface area (Å²) < 4.78 is 10.3. The van der Waals surface area contributed by atoms with Crippen molar-refractivity contribution in [3.05, 3.63) is 0 Å². The average Bonchev–Trinajstić information content (AvgIpc) is 2.28. The van der Waals surface area contributed by atoms with Gasteiger partial charge < -0.3 is 14.4 Å². The van der Waals surface area contributed by atoms with Crippen LogP contribution in [0.5, 0.6) is 0 Å². The predicted molar refractivity (Wildman–Crippen MR) is 66.8 cm³/mol. The van der Waals surface area contributed by atoms with E-state index >= 15 is 0 Å². The Kier molecular flexibility index (Phi) is 4.95. The van der Waals surface area contributed by atoms with Crippen molar-refractivity contribution in [2.75, 3.05) is 34.4 Å². The van der Waals surface area contributed by atoms with Gasteiger partial charge in [0.05, 0.1) is 12.5 Å². The van der Waals surface area contributed by atoms with Crippen LogP contribution in [-0.2, 0) is 14.3 Å². The van der Waals surface area contributed by atoms with E-state index in [0.717, 1.165) is 26.1 Å². The first-order chi connectivity index (χ1) is 7.91. The summed E-state index contributed by atoms with van der Waals surface area (Å²) in [6.07, 6.45) is 2.03. The van der Waals surface area contributed by atoms with Crippen LogP contribution in [0.1, 0.15) is 26.7 Å². The molecule has 4 heteroatoms. The summed E-state index contributed by atoms with van der Waals surface area (Å²) in [5, 5.41) is 0. The molecule has 1 atom stereocenters. The minimum atomic E-state index is -0.486. The maximum Gasteiger partial charge on any atom is 0.312 e. The first-order valence-corrected chi connectivity index (χ1v) is 6.23. The molecule has 0 saturated carbocycles. The molecule has 1 heterocycles. The molecular weight excluding hydrogens is 218 g/mol. The highest BCUT2D eigenvalue weighted by Gasteiger charge is 2.43. The van der Waals surface area contributed by atoms with Crippen LogP contribution in [-0.4, -0.2) is 51.3 Å². The van der Waals surface area contributed by atoms with E-state index in [0.29, 0.717) is 5.92 Å². The van der Waals surface area contributed by atoms with Crippen molar-refractivity contribution in [1.29, 1.82) is 0 Å². The van der Waals surface area contributed by atoms with Gasteiger partial charge in [0.1, 0.15) is 0 Å². The number of hydrogen-bond donors (Lipinski definition) is 0. The predicted octanol–water partition coefficient (Wildman–Crippen LogP) is 1.54. The Morgan fingerprint density at radius 3 is 2.29 bits per heavy atom. The monoisotopic (exact) mass is 243 g/mol. The van der Waals surface area contributed by atoms with Crippen LogP contribution in [0.4, 0.5) is 0 Å². The number of ether oxygens (including phenoxy) is 2. The van der Waals surface area contributed by atoms with Gasteiger partial charge in [0.2, 0.25) is 0 Å². The maximum absolute atomic E-state index is 11.9. The van der Waals surface area contributed by atoms with Gasteiger partial charge in [0.25, 0.3) is 0 Å². The Labute approximate surface area is 104 Å². The summed E-state index contributed by atoms with van der Waals surface area (Å²) in [6, 6.07) is 0.193. The standard InChI is InChI=1S/C13H25NO3/c1-13(2,12(15)16-5)11(14(3)4)10-6-8-17-9-7-10/h10-11H,6-9H2,1-5H3. The maximum atomic E-state index is 11.9. The molecular formula is C13H25NO3. The van der Waals surface area contributed by atoms with E-state index < -0.39 is 5.41 Å². The summed E-state index contributed by atoms with van der Waals surface area (Å²) in [5.74, 6) is 0.357. The SMILES string of the molecule is COC(=O)C(C)(C)C(C1CCOCC1)N(C)C. The molecule has 0 aromatic carbocycles. The van der Waals surface area contributed by atoms with Crippen LogP contribution in [0.25, 0.3) is 0 Å². The van der Waals surface area contributed by atoms with Crippen molar-refractivity contribution in [3.63, 3.8) is 0 Å². The molecule has 4 nitrogen and oxygen atoms in total. The summed E-state index contributed by atoms with van der Waals surface area (Å²) in [4.78, 5) is 14.1. The summed E-state index contributed by atoms with van der Waals surface area (Å²) in [5.41, 5.74) is -0.486. The van der Waals surface area contributed by atoms with Crippen molar-refractivity contribution >= 4 is 5.97 Å². The summed E-state index contributed by atoms with van der Waals surface area (Å²) >= 11 is 0. The van der Waals surface area contributed by atoms with Crippen LogP contribution in [0.2, 0.25) is 0 Å². The molecule has 0 bridgehead atoms. The van der Waals surface area contributed by atoms with Gasteiger partial charge in [-0.1, -0.05) is 0 Å². The minimum absolute atomic E-state index is 0.136. The number of carbonyl (C=O) groups is 1. The number of nitrogens with zero attached hydrogens (tertiary/aromatic N) is 1. The lowest BCUT2D eigenvalue weighted by Crippen LogP contribution is -2.51. The van der Waals surface area contributed by atoms with Gasteiger partial charge in [0, 0.05) is 19.3 Å². The van der Waals surface area contributed by atoms with Crippen molar-refractivity contribution in [2.24, 2.45) is 11.3 Å². The fourth-order valence-corrected chi connectivity index (χ4v) is 3.07. The second-order valence-corrected chi connectivity index (χ2v) is 5.57. The Morgan fingerprint density at radius 2 is 1.88 bits per heavy atom. The Balaban J connectivity index is 2.87. The molecule has 0 aromatic rings. The van der Waals surface area contributed by atoms with Gasteiger partial charge in [0.15, 0.2) is 0 Å². The number of rotatable bonds is 4. The highest BCUT2D eigenvalue weighted by Crippen LogP contribution is 2.35. The second kappa shape index (κ2) is 5.83. The first kappa shape index (κ1) is 14.5. The summed E-state index contributed by atoms with van der Waals surface area (Å²) in [6.45, 7) is 5.54.